The van der Waals surface area contributed by atoms with Crippen LogP contribution in [0.25, 0.3) is 0 Å². The Balaban J connectivity index is 1.85. The van der Waals surface area contributed by atoms with E-state index in [2.05, 4.69) is 36.1 Å². The molecule has 0 aromatic rings. The standard InChI is InChI=1S/C16H33N3/c1-4-11-17-15-7-5-6-8-16(15)19-12-9-14(10-13-19)18(2)3/h14-17H,4-13H2,1-3H3. The summed E-state index contributed by atoms with van der Waals surface area (Å²) in [7, 11) is 4.46. The lowest BCUT2D eigenvalue weighted by atomic mass is 9.87. The van der Waals surface area contributed by atoms with E-state index in [0.717, 1.165) is 18.1 Å². The highest BCUT2D eigenvalue weighted by Crippen LogP contribution is 2.26. The van der Waals surface area contributed by atoms with Crippen LogP contribution in [-0.4, -0.2) is 61.7 Å². The van der Waals surface area contributed by atoms with E-state index in [1.165, 1.54) is 64.6 Å². The van der Waals surface area contributed by atoms with Gasteiger partial charge in [-0.2, -0.15) is 0 Å². The molecule has 0 aromatic carbocycles. The summed E-state index contributed by atoms with van der Waals surface area (Å²) in [5.41, 5.74) is 0. The molecular weight excluding hydrogens is 234 g/mol. The first-order valence-electron chi connectivity index (χ1n) is 8.36. The Kier molecular flexibility index (Phi) is 6.11. The summed E-state index contributed by atoms with van der Waals surface area (Å²) in [6.45, 7) is 6.07. The van der Waals surface area contributed by atoms with E-state index < -0.39 is 0 Å². The lowest BCUT2D eigenvalue weighted by Gasteiger charge is -2.44. The average molecular weight is 267 g/mol. The Morgan fingerprint density at radius 3 is 2.37 bits per heavy atom. The van der Waals surface area contributed by atoms with Crippen LogP contribution < -0.4 is 5.32 Å². The lowest BCUT2D eigenvalue weighted by Crippen LogP contribution is -2.55. The molecule has 3 nitrogen and oxygen atoms in total. The molecule has 0 radical (unpaired) electrons. The molecule has 112 valence electrons. The Morgan fingerprint density at radius 1 is 1.05 bits per heavy atom. The van der Waals surface area contributed by atoms with Crippen LogP contribution in [0.15, 0.2) is 0 Å². The van der Waals surface area contributed by atoms with Crippen molar-refractivity contribution in [2.45, 2.75) is 70.0 Å². The van der Waals surface area contributed by atoms with Gasteiger partial charge >= 0.3 is 0 Å². The molecule has 1 N–H and O–H groups in total. The molecule has 2 rings (SSSR count). The zero-order valence-electron chi connectivity index (χ0n) is 13.2. The van der Waals surface area contributed by atoms with Gasteiger partial charge in [0.15, 0.2) is 0 Å². The van der Waals surface area contributed by atoms with Crippen LogP contribution in [0.4, 0.5) is 0 Å². The fourth-order valence-electron chi connectivity index (χ4n) is 3.85. The van der Waals surface area contributed by atoms with Crippen molar-refractivity contribution < 1.29 is 0 Å². The van der Waals surface area contributed by atoms with Crippen molar-refractivity contribution in [3.05, 3.63) is 0 Å². The van der Waals surface area contributed by atoms with Gasteiger partial charge in [-0.15, -0.1) is 0 Å². The van der Waals surface area contributed by atoms with Crippen molar-refractivity contribution >= 4 is 0 Å². The van der Waals surface area contributed by atoms with Gasteiger partial charge in [0, 0.05) is 18.1 Å². The van der Waals surface area contributed by atoms with Crippen LogP contribution in [0.3, 0.4) is 0 Å². The third-order valence-corrected chi connectivity index (χ3v) is 5.08. The quantitative estimate of drug-likeness (QED) is 0.825. The molecule has 1 aliphatic heterocycles. The van der Waals surface area contributed by atoms with Crippen LogP contribution in [0.2, 0.25) is 0 Å². The van der Waals surface area contributed by atoms with E-state index in [1.807, 2.05) is 0 Å². The molecule has 1 saturated carbocycles. The second kappa shape index (κ2) is 7.61. The molecule has 3 heteroatoms. The molecule has 1 saturated heterocycles. The number of likely N-dealkylation sites (tertiary alicyclic amines) is 1. The average Bonchev–Trinajstić information content (AvgIpc) is 2.45. The summed E-state index contributed by atoms with van der Waals surface area (Å²) < 4.78 is 0. The minimum Gasteiger partial charge on any atom is -0.312 e. The van der Waals surface area contributed by atoms with Crippen LogP contribution in [0, 0.1) is 0 Å². The van der Waals surface area contributed by atoms with E-state index in [9.17, 15) is 0 Å². The van der Waals surface area contributed by atoms with Crippen LogP contribution in [0.1, 0.15) is 51.9 Å². The minimum atomic E-state index is 0.754. The molecule has 1 aliphatic carbocycles. The summed E-state index contributed by atoms with van der Waals surface area (Å²) in [5, 5.41) is 3.80. The predicted molar refractivity (Wildman–Crippen MR) is 82.6 cm³/mol. The molecule has 0 amide bonds. The van der Waals surface area contributed by atoms with Gasteiger partial charge < -0.3 is 10.2 Å². The first-order chi connectivity index (χ1) is 9.22. The second-order valence-corrected chi connectivity index (χ2v) is 6.64. The van der Waals surface area contributed by atoms with Gasteiger partial charge in [0.1, 0.15) is 0 Å². The molecule has 2 unspecified atom stereocenters. The van der Waals surface area contributed by atoms with E-state index >= 15 is 0 Å². The SMILES string of the molecule is CCCNC1CCCCC1N1CCC(N(C)C)CC1. The van der Waals surface area contributed by atoms with E-state index in [1.54, 1.807) is 0 Å². The van der Waals surface area contributed by atoms with Gasteiger partial charge in [-0.3, -0.25) is 4.90 Å². The molecule has 0 spiro atoms. The van der Waals surface area contributed by atoms with Gasteiger partial charge in [-0.25, -0.2) is 0 Å². The monoisotopic (exact) mass is 267 g/mol. The molecule has 2 atom stereocenters. The molecule has 2 aliphatic rings. The van der Waals surface area contributed by atoms with Crippen LogP contribution >= 0.6 is 0 Å². The van der Waals surface area contributed by atoms with Gasteiger partial charge in [-0.1, -0.05) is 19.8 Å². The number of piperidine rings is 1. The molecule has 2 fully saturated rings. The topological polar surface area (TPSA) is 18.5 Å². The molecule has 19 heavy (non-hydrogen) atoms. The third-order valence-electron chi connectivity index (χ3n) is 5.08. The first-order valence-corrected chi connectivity index (χ1v) is 8.36. The lowest BCUT2D eigenvalue weighted by molar-refractivity contribution is 0.0707. The fourth-order valence-corrected chi connectivity index (χ4v) is 3.85. The second-order valence-electron chi connectivity index (χ2n) is 6.64. The number of nitrogens with zero attached hydrogens (tertiary/aromatic N) is 2. The summed E-state index contributed by atoms with van der Waals surface area (Å²) in [4.78, 5) is 5.19. The van der Waals surface area contributed by atoms with Crippen LogP contribution in [0.5, 0.6) is 0 Å². The van der Waals surface area contributed by atoms with Crippen molar-refractivity contribution in [3.63, 3.8) is 0 Å². The molecule has 0 aromatic heterocycles. The first kappa shape index (κ1) is 15.3. The largest absolute Gasteiger partial charge is 0.312 e. The Hall–Kier alpha value is -0.120. The Bertz CT molecular complexity index is 246. The van der Waals surface area contributed by atoms with Gasteiger partial charge in [-0.05, 0) is 65.8 Å². The van der Waals surface area contributed by atoms with Gasteiger partial charge in [0.25, 0.3) is 0 Å². The van der Waals surface area contributed by atoms with Crippen molar-refractivity contribution in [1.29, 1.82) is 0 Å². The Morgan fingerprint density at radius 2 is 1.74 bits per heavy atom. The fraction of sp³-hybridized carbons (Fsp3) is 1.00. The van der Waals surface area contributed by atoms with E-state index in [0.29, 0.717) is 0 Å². The highest BCUT2D eigenvalue weighted by molar-refractivity contribution is 4.91. The summed E-state index contributed by atoms with van der Waals surface area (Å²) in [6, 6.07) is 2.37. The predicted octanol–water partition coefficient (Wildman–Crippen LogP) is 2.32. The highest BCUT2D eigenvalue weighted by Gasteiger charge is 2.32. The van der Waals surface area contributed by atoms with Crippen molar-refractivity contribution in [2.75, 3.05) is 33.7 Å². The molecular formula is C16H33N3. The maximum Gasteiger partial charge on any atom is 0.0249 e. The van der Waals surface area contributed by atoms with E-state index in [-0.39, 0.29) is 0 Å². The van der Waals surface area contributed by atoms with Crippen molar-refractivity contribution in [3.8, 4) is 0 Å². The zero-order valence-corrected chi connectivity index (χ0v) is 13.2. The summed E-state index contributed by atoms with van der Waals surface area (Å²) >= 11 is 0. The Labute approximate surface area is 119 Å². The number of hydrogen-bond acceptors (Lipinski definition) is 3. The number of hydrogen-bond donors (Lipinski definition) is 1. The zero-order chi connectivity index (χ0) is 13.7. The van der Waals surface area contributed by atoms with E-state index in [4.69, 9.17) is 0 Å². The van der Waals surface area contributed by atoms with Crippen LogP contribution in [-0.2, 0) is 0 Å². The number of rotatable bonds is 5. The summed E-state index contributed by atoms with van der Waals surface area (Å²) in [5.74, 6) is 0. The third kappa shape index (κ3) is 4.17. The van der Waals surface area contributed by atoms with Gasteiger partial charge in [0.2, 0.25) is 0 Å². The minimum absolute atomic E-state index is 0.754. The van der Waals surface area contributed by atoms with Crippen molar-refractivity contribution in [1.82, 2.24) is 15.1 Å². The van der Waals surface area contributed by atoms with Crippen molar-refractivity contribution in [2.24, 2.45) is 0 Å². The summed E-state index contributed by atoms with van der Waals surface area (Å²) in [6.07, 6.45) is 9.61. The maximum absolute atomic E-state index is 3.80. The smallest absolute Gasteiger partial charge is 0.0249 e. The maximum atomic E-state index is 3.80. The normalized spacial score (nSPS) is 30.9. The van der Waals surface area contributed by atoms with Gasteiger partial charge in [0.05, 0.1) is 0 Å². The highest BCUT2D eigenvalue weighted by atomic mass is 15.2. The molecule has 1 heterocycles. The molecule has 0 bridgehead atoms. The number of nitrogens with one attached hydrogen (secondary N) is 1.